The van der Waals surface area contributed by atoms with Gasteiger partial charge in [0.1, 0.15) is 5.92 Å². The molecule has 0 spiro atoms. The fraction of sp³-hybridized carbons (Fsp3) is 0.421. The summed E-state index contributed by atoms with van der Waals surface area (Å²) in [6.07, 6.45) is 2.18. The van der Waals surface area contributed by atoms with Gasteiger partial charge in [-0.3, -0.25) is 0 Å². The molecule has 1 aromatic carbocycles. The number of halogens is 1. The maximum Gasteiger partial charge on any atom is 0.196 e. The molecule has 7 nitrogen and oxygen atoms in total. The van der Waals surface area contributed by atoms with E-state index in [0.29, 0.717) is 0 Å². The first kappa shape index (κ1) is 20.2. The summed E-state index contributed by atoms with van der Waals surface area (Å²) in [5.74, 6) is -0.590. The van der Waals surface area contributed by atoms with Crippen molar-refractivity contribution in [3.8, 4) is 0 Å². The summed E-state index contributed by atoms with van der Waals surface area (Å²) in [6, 6.07) is 15.3. The number of nitrogens with zero attached hydrogens (tertiary/aromatic N) is 1. The number of pyridine rings is 1. The monoisotopic (exact) mass is 395 g/mol. The zero-order chi connectivity index (χ0) is 20.0. The first-order chi connectivity index (χ1) is 12.6. The SMILES string of the molecule is COC1(OC)[C@H]2c3ccccc3[C@H]([n+]3ccccc32)C1(C)C.[O-][Cl+3]([O-])([O-])[O-]. The first-order valence-corrected chi connectivity index (χ1v) is 9.63. The van der Waals surface area contributed by atoms with Gasteiger partial charge in [-0.05, 0) is 19.4 Å². The van der Waals surface area contributed by atoms with Crippen molar-refractivity contribution >= 4 is 0 Å². The van der Waals surface area contributed by atoms with Gasteiger partial charge in [0, 0.05) is 31.9 Å². The summed E-state index contributed by atoms with van der Waals surface area (Å²) < 4.78 is 48.5. The van der Waals surface area contributed by atoms with Crippen molar-refractivity contribution in [1.29, 1.82) is 0 Å². The van der Waals surface area contributed by atoms with E-state index >= 15 is 0 Å². The van der Waals surface area contributed by atoms with Gasteiger partial charge in [0.15, 0.2) is 23.7 Å². The molecule has 27 heavy (non-hydrogen) atoms. The molecule has 5 rings (SSSR count). The van der Waals surface area contributed by atoms with Crippen LogP contribution in [0.1, 0.15) is 42.6 Å². The van der Waals surface area contributed by atoms with Crippen LogP contribution in [0.3, 0.4) is 0 Å². The predicted molar refractivity (Wildman–Crippen MR) is 83.6 cm³/mol. The van der Waals surface area contributed by atoms with Crippen molar-refractivity contribution in [3.05, 3.63) is 65.5 Å². The Labute approximate surface area is 160 Å². The van der Waals surface area contributed by atoms with Crippen LogP contribution in [-0.2, 0) is 9.47 Å². The predicted octanol–water partition coefficient (Wildman–Crippen LogP) is -1.72. The molecule has 0 amide bonds. The quantitative estimate of drug-likeness (QED) is 0.441. The smallest absolute Gasteiger partial charge is 0.196 e. The Morgan fingerprint density at radius 1 is 0.889 bits per heavy atom. The van der Waals surface area contributed by atoms with Crippen molar-refractivity contribution in [2.24, 2.45) is 5.41 Å². The van der Waals surface area contributed by atoms with E-state index in [0.717, 1.165) is 0 Å². The van der Waals surface area contributed by atoms with Gasteiger partial charge >= 0.3 is 0 Å². The lowest BCUT2D eigenvalue weighted by Gasteiger charge is -2.56. The van der Waals surface area contributed by atoms with Crippen LogP contribution in [0.15, 0.2) is 48.7 Å². The van der Waals surface area contributed by atoms with Gasteiger partial charge in [-0.2, -0.15) is 4.57 Å². The number of methoxy groups -OCH3 is 2. The maximum atomic E-state index is 8.49. The molecule has 0 N–H and O–H groups in total. The van der Waals surface area contributed by atoms with Crippen LogP contribution in [0, 0.1) is 15.7 Å². The molecule has 3 aliphatic rings. The second kappa shape index (κ2) is 6.79. The number of hydrogen-bond donors (Lipinski definition) is 0. The molecule has 2 aliphatic heterocycles. The molecule has 2 atom stereocenters. The molecule has 3 heterocycles. The van der Waals surface area contributed by atoms with E-state index < -0.39 is 16.0 Å². The summed E-state index contributed by atoms with van der Waals surface area (Å²) in [7, 11) is -1.41. The van der Waals surface area contributed by atoms with Gasteiger partial charge in [-0.1, -0.05) is 30.3 Å². The van der Waals surface area contributed by atoms with Gasteiger partial charge in [0.05, 0.1) is 5.41 Å². The molecule has 0 saturated heterocycles. The van der Waals surface area contributed by atoms with Crippen LogP contribution in [0.4, 0.5) is 0 Å². The van der Waals surface area contributed by atoms with E-state index in [2.05, 4.69) is 67.1 Å². The second-order valence-corrected chi connectivity index (χ2v) is 7.93. The number of rotatable bonds is 2. The minimum Gasteiger partial charge on any atom is -0.351 e. The third kappa shape index (κ3) is 3.05. The van der Waals surface area contributed by atoms with Gasteiger partial charge in [-0.25, -0.2) is 18.6 Å². The van der Waals surface area contributed by atoms with Crippen molar-refractivity contribution in [2.75, 3.05) is 14.2 Å². The minimum atomic E-state index is -4.94. The average molecular weight is 396 g/mol. The lowest BCUT2D eigenvalue weighted by atomic mass is 9.57. The van der Waals surface area contributed by atoms with Crippen LogP contribution in [0.5, 0.6) is 0 Å². The van der Waals surface area contributed by atoms with Crippen LogP contribution in [-0.4, -0.2) is 20.0 Å². The molecular weight excluding hydrogens is 374 g/mol. The van der Waals surface area contributed by atoms with Crippen LogP contribution in [0.2, 0.25) is 0 Å². The Bertz CT molecular complexity index is 777. The van der Waals surface area contributed by atoms with Gasteiger partial charge in [0.2, 0.25) is 0 Å². The molecule has 0 fully saturated rings. The van der Waals surface area contributed by atoms with Crippen molar-refractivity contribution in [3.63, 3.8) is 0 Å². The largest absolute Gasteiger partial charge is 0.351 e. The number of hydrogen-bond acceptors (Lipinski definition) is 6. The van der Waals surface area contributed by atoms with Crippen molar-refractivity contribution < 1.29 is 42.9 Å². The maximum absolute atomic E-state index is 8.49. The third-order valence-electron chi connectivity index (χ3n) is 5.67. The molecule has 146 valence electrons. The molecule has 0 saturated carbocycles. The van der Waals surface area contributed by atoms with Crippen LogP contribution in [0.25, 0.3) is 0 Å². The number of aromatic nitrogens is 1. The highest BCUT2D eigenvalue weighted by atomic mass is 35.7. The molecule has 1 aromatic heterocycles. The van der Waals surface area contributed by atoms with E-state index in [1.165, 1.54) is 16.8 Å². The molecule has 1 aliphatic carbocycles. The molecule has 0 radical (unpaired) electrons. The summed E-state index contributed by atoms with van der Waals surface area (Å²) in [6.45, 7) is 4.49. The van der Waals surface area contributed by atoms with Gasteiger partial charge in [0.25, 0.3) is 0 Å². The summed E-state index contributed by atoms with van der Waals surface area (Å²) in [5, 5.41) is 0. The van der Waals surface area contributed by atoms with Crippen LogP contribution >= 0.6 is 0 Å². The average Bonchev–Trinajstić information content (AvgIpc) is 2.60. The number of benzene rings is 1. The zero-order valence-corrected chi connectivity index (χ0v) is 16.3. The van der Waals surface area contributed by atoms with E-state index in [4.69, 9.17) is 28.1 Å². The highest BCUT2D eigenvalue weighted by molar-refractivity contribution is 5.45. The number of ether oxygens (including phenoxy) is 2. The highest BCUT2D eigenvalue weighted by Gasteiger charge is 2.69. The fourth-order valence-electron chi connectivity index (χ4n) is 4.82. The Morgan fingerprint density at radius 2 is 1.41 bits per heavy atom. The van der Waals surface area contributed by atoms with E-state index in [1.54, 1.807) is 14.2 Å². The Morgan fingerprint density at radius 3 is 1.96 bits per heavy atom. The summed E-state index contributed by atoms with van der Waals surface area (Å²) in [4.78, 5) is 0. The highest BCUT2D eigenvalue weighted by Crippen LogP contribution is 2.61. The Balaban J connectivity index is 0.000000376. The third-order valence-corrected chi connectivity index (χ3v) is 5.67. The number of fused-ring (bicyclic) bond motifs is 1. The normalized spacial score (nSPS) is 23.7. The Hall–Kier alpha value is -1.58. The minimum absolute atomic E-state index is 0.0694. The first-order valence-electron chi connectivity index (χ1n) is 8.39. The van der Waals surface area contributed by atoms with E-state index in [1.807, 2.05) is 0 Å². The molecule has 0 unspecified atom stereocenters. The lowest BCUT2D eigenvalue weighted by molar-refractivity contribution is -2.00. The summed E-state index contributed by atoms with van der Waals surface area (Å²) in [5.41, 5.74) is 3.77. The second-order valence-electron chi connectivity index (χ2n) is 7.17. The molecule has 8 heteroatoms. The van der Waals surface area contributed by atoms with Crippen LogP contribution < -0.4 is 23.2 Å². The Kier molecular flexibility index (Phi) is 5.07. The van der Waals surface area contributed by atoms with E-state index in [-0.39, 0.29) is 17.4 Å². The van der Waals surface area contributed by atoms with Crippen molar-refractivity contribution in [2.45, 2.75) is 31.6 Å². The lowest BCUT2D eigenvalue weighted by Crippen LogP contribution is -2.71. The standard InChI is InChI=1S/C19H22NO2.ClHO4/c1-18(2)17-14-10-6-5-9-13(14)16(19(18,21-3)22-4)15-11-7-8-12-20(15)17;2-1(3,4)5/h5-12,16-17H,1-4H3;(H,2,3,4,5)/q+1;/p-1/t16-,17-;/m0./s1. The topological polar surface area (TPSA) is 115 Å². The van der Waals surface area contributed by atoms with Gasteiger partial charge < -0.3 is 9.47 Å². The van der Waals surface area contributed by atoms with Crippen molar-refractivity contribution in [1.82, 2.24) is 0 Å². The molecular formula is C19H22ClNO6. The van der Waals surface area contributed by atoms with Gasteiger partial charge in [-0.15, -0.1) is 10.2 Å². The molecule has 2 bridgehead atoms. The van der Waals surface area contributed by atoms with E-state index in [9.17, 15) is 0 Å². The fourth-order valence-corrected chi connectivity index (χ4v) is 4.82. The zero-order valence-electron chi connectivity index (χ0n) is 15.5. The summed E-state index contributed by atoms with van der Waals surface area (Å²) >= 11 is 0. The molecule has 2 aromatic rings.